The maximum atomic E-state index is 11.8. The number of rotatable bonds is 6. The van der Waals surface area contributed by atoms with Crippen molar-refractivity contribution in [1.82, 2.24) is 0 Å². The van der Waals surface area contributed by atoms with E-state index in [2.05, 4.69) is 0 Å². The first-order chi connectivity index (χ1) is 8.54. The van der Waals surface area contributed by atoms with Crippen molar-refractivity contribution in [2.24, 2.45) is 11.3 Å². The summed E-state index contributed by atoms with van der Waals surface area (Å²) in [5, 5.41) is 0. The van der Waals surface area contributed by atoms with E-state index in [4.69, 9.17) is 14.2 Å². The second kappa shape index (κ2) is 5.84. The van der Waals surface area contributed by atoms with E-state index >= 15 is 0 Å². The Morgan fingerprint density at radius 1 is 0.944 bits per heavy atom. The number of carbonyl (C=O) groups is 3. The normalized spacial score (nSPS) is 19.8. The molecule has 1 rings (SSSR count). The molecule has 0 heterocycles. The lowest BCUT2D eigenvalue weighted by Gasteiger charge is -2.14. The van der Waals surface area contributed by atoms with Crippen molar-refractivity contribution in [3.05, 3.63) is 0 Å². The van der Waals surface area contributed by atoms with Gasteiger partial charge in [-0.2, -0.15) is 0 Å². The average molecular weight is 258 g/mol. The molecular weight excluding hydrogens is 240 g/mol. The molecule has 0 spiro atoms. The van der Waals surface area contributed by atoms with Crippen LogP contribution in [0.5, 0.6) is 0 Å². The molecule has 0 unspecified atom stereocenters. The molecule has 1 aliphatic carbocycles. The zero-order valence-electron chi connectivity index (χ0n) is 10.9. The van der Waals surface area contributed by atoms with Gasteiger partial charge in [0.2, 0.25) is 0 Å². The van der Waals surface area contributed by atoms with Gasteiger partial charge in [0.15, 0.2) is 5.41 Å². The van der Waals surface area contributed by atoms with Crippen LogP contribution >= 0.6 is 0 Å². The van der Waals surface area contributed by atoms with E-state index < -0.39 is 29.2 Å². The summed E-state index contributed by atoms with van der Waals surface area (Å²) < 4.78 is 14.5. The van der Waals surface area contributed by atoms with Crippen LogP contribution in [0.1, 0.15) is 27.2 Å². The molecule has 6 heteroatoms. The lowest BCUT2D eigenvalue weighted by Crippen LogP contribution is -2.34. The minimum absolute atomic E-state index is 0.101. The first kappa shape index (κ1) is 14.5. The van der Waals surface area contributed by atoms with Crippen LogP contribution in [0.2, 0.25) is 0 Å². The number of hydrogen-bond donors (Lipinski definition) is 0. The van der Waals surface area contributed by atoms with Gasteiger partial charge in [-0.3, -0.25) is 14.4 Å². The number of carbonyl (C=O) groups excluding carboxylic acids is 3. The van der Waals surface area contributed by atoms with Gasteiger partial charge >= 0.3 is 17.9 Å². The van der Waals surface area contributed by atoms with Gasteiger partial charge in [-0.1, -0.05) is 0 Å². The molecule has 0 amide bonds. The molecular formula is C12H18O6. The molecule has 0 aliphatic heterocycles. The van der Waals surface area contributed by atoms with Gasteiger partial charge in [-0.05, 0) is 27.2 Å². The standard InChI is InChI=1S/C12H18O6/c1-4-16-9(13)8-7-12(8,10(14)17-5-2)11(15)18-6-3/h8H,4-7H2,1-3H3/t8-/m1/s1. The van der Waals surface area contributed by atoms with Crippen molar-refractivity contribution in [2.75, 3.05) is 19.8 Å². The number of esters is 3. The first-order valence-electron chi connectivity index (χ1n) is 6.05. The molecule has 1 atom stereocenters. The lowest BCUT2D eigenvalue weighted by molar-refractivity contribution is -0.168. The van der Waals surface area contributed by atoms with Crippen LogP contribution in [0.4, 0.5) is 0 Å². The third-order valence-corrected chi connectivity index (χ3v) is 2.81. The molecule has 0 aromatic carbocycles. The third-order valence-electron chi connectivity index (χ3n) is 2.81. The van der Waals surface area contributed by atoms with Gasteiger partial charge in [0.05, 0.1) is 25.7 Å². The predicted molar refractivity (Wildman–Crippen MR) is 60.4 cm³/mol. The van der Waals surface area contributed by atoms with Gasteiger partial charge in [-0.15, -0.1) is 0 Å². The zero-order valence-corrected chi connectivity index (χ0v) is 10.9. The van der Waals surface area contributed by atoms with Crippen LogP contribution in [0.3, 0.4) is 0 Å². The summed E-state index contributed by atoms with van der Waals surface area (Å²) in [5.41, 5.74) is -1.49. The van der Waals surface area contributed by atoms with Gasteiger partial charge < -0.3 is 14.2 Å². The van der Waals surface area contributed by atoms with Crippen LogP contribution < -0.4 is 0 Å². The zero-order chi connectivity index (χ0) is 13.8. The Morgan fingerprint density at radius 3 is 1.78 bits per heavy atom. The van der Waals surface area contributed by atoms with E-state index in [9.17, 15) is 14.4 Å². The highest BCUT2D eigenvalue weighted by Gasteiger charge is 2.72. The fraction of sp³-hybridized carbons (Fsp3) is 0.750. The third kappa shape index (κ3) is 2.47. The Labute approximate surface area is 106 Å². The SMILES string of the molecule is CCOC(=O)[C@H]1CC1(C(=O)OCC)C(=O)OCC. The van der Waals surface area contributed by atoms with E-state index in [-0.39, 0.29) is 26.2 Å². The van der Waals surface area contributed by atoms with E-state index in [1.54, 1.807) is 20.8 Å². The fourth-order valence-corrected chi connectivity index (χ4v) is 1.84. The number of ether oxygens (including phenoxy) is 3. The summed E-state index contributed by atoms with van der Waals surface area (Å²) in [6.07, 6.45) is 0.101. The second-order valence-corrected chi connectivity index (χ2v) is 3.92. The van der Waals surface area contributed by atoms with Crippen molar-refractivity contribution in [1.29, 1.82) is 0 Å². The van der Waals surface area contributed by atoms with Gasteiger partial charge in [0.25, 0.3) is 0 Å². The van der Waals surface area contributed by atoms with Crippen LogP contribution in [0.15, 0.2) is 0 Å². The minimum Gasteiger partial charge on any atom is -0.466 e. The minimum atomic E-state index is -1.49. The molecule has 18 heavy (non-hydrogen) atoms. The monoisotopic (exact) mass is 258 g/mol. The molecule has 0 bridgehead atoms. The van der Waals surface area contributed by atoms with Crippen LogP contribution in [-0.2, 0) is 28.6 Å². The topological polar surface area (TPSA) is 78.9 Å². The molecule has 102 valence electrons. The Hall–Kier alpha value is -1.59. The fourth-order valence-electron chi connectivity index (χ4n) is 1.84. The quantitative estimate of drug-likeness (QED) is 0.396. The van der Waals surface area contributed by atoms with Crippen molar-refractivity contribution >= 4 is 17.9 Å². The van der Waals surface area contributed by atoms with Crippen molar-refractivity contribution in [3.63, 3.8) is 0 Å². The molecule has 0 N–H and O–H groups in total. The van der Waals surface area contributed by atoms with E-state index in [1.807, 2.05) is 0 Å². The summed E-state index contributed by atoms with van der Waals surface area (Å²) in [5.74, 6) is -2.75. The first-order valence-corrected chi connectivity index (χ1v) is 6.05. The highest BCUT2D eigenvalue weighted by molar-refractivity contribution is 6.08. The lowest BCUT2D eigenvalue weighted by atomic mass is 10.0. The van der Waals surface area contributed by atoms with Gasteiger partial charge in [0.1, 0.15) is 0 Å². The van der Waals surface area contributed by atoms with E-state index in [0.717, 1.165) is 0 Å². The maximum absolute atomic E-state index is 11.8. The smallest absolute Gasteiger partial charge is 0.324 e. The molecule has 0 aromatic rings. The second-order valence-electron chi connectivity index (χ2n) is 3.92. The van der Waals surface area contributed by atoms with Crippen LogP contribution in [-0.4, -0.2) is 37.7 Å². The highest BCUT2D eigenvalue weighted by atomic mass is 16.6. The Morgan fingerprint density at radius 2 is 1.39 bits per heavy atom. The van der Waals surface area contributed by atoms with Crippen LogP contribution in [0.25, 0.3) is 0 Å². The summed E-state index contributed by atoms with van der Waals surface area (Å²) in [6.45, 7) is 5.44. The number of hydrogen-bond acceptors (Lipinski definition) is 6. The molecule has 1 aliphatic rings. The van der Waals surface area contributed by atoms with E-state index in [0.29, 0.717) is 0 Å². The average Bonchev–Trinajstić information content (AvgIpc) is 3.06. The van der Waals surface area contributed by atoms with Gasteiger partial charge in [-0.25, -0.2) is 0 Å². The summed E-state index contributed by atoms with van der Waals surface area (Å²) in [6, 6.07) is 0. The summed E-state index contributed by atoms with van der Waals surface area (Å²) in [4.78, 5) is 35.3. The molecule has 0 radical (unpaired) electrons. The Balaban J connectivity index is 2.83. The molecule has 1 saturated carbocycles. The summed E-state index contributed by atoms with van der Waals surface area (Å²) in [7, 11) is 0. The van der Waals surface area contributed by atoms with Crippen LogP contribution in [0, 0.1) is 11.3 Å². The van der Waals surface area contributed by atoms with E-state index in [1.165, 1.54) is 0 Å². The molecule has 6 nitrogen and oxygen atoms in total. The Kier molecular flexibility index (Phi) is 4.69. The predicted octanol–water partition coefficient (Wildman–Crippen LogP) is 0.682. The van der Waals surface area contributed by atoms with Crippen molar-refractivity contribution in [2.45, 2.75) is 27.2 Å². The molecule has 1 fully saturated rings. The van der Waals surface area contributed by atoms with Crippen molar-refractivity contribution < 1.29 is 28.6 Å². The molecule has 0 saturated heterocycles. The van der Waals surface area contributed by atoms with Gasteiger partial charge in [0, 0.05) is 0 Å². The Bertz CT molecular complexity index is 330. The largest absolute Gasteiger partial charge is 0.466 e. The highest BCUT2D eigenvalue weighted by Crippen LogP contribution is 2.55. The molecule has 0 aromatic heterocycles. The summed E-state index contributed by atoms with van der Waals surface area (Å²) >= 11 is 0. The maximum Gasteiger partial charge on any atom is 0.324 e. The van der Waals surface area contributed by atoms with Crippen molar-refractivity contribution in [3.8, 4) is 0 Å².